The maximum atomic E-state index is 14.3. The van der Waals surface area contributed by atoms with Crippen LogP contribution in [0.2, 0.25) is 10.0 Å². The summed E-state index contributed by atoms with van der Waals surface area (Å²) in [6.45, 7) is 3.71. The number of likely N-dealkylation sites (tertiary alicyclic amines) is 1. The zero-order valence-electron chi connectivity index (χ0n) is 20.7. The van der Waals surface area contributed by atoms with Crippen molar-refractivity contribution in [3.05, 3.63) is 81.4 Å². The molecule has 5 rings (SSSR count). The van der Waals surface area contributed by atoms with Gasteiger partial charge in [0.05, 0.1) is 17.9 Å². The minimum absolute atomic E-state index is 0.234. The van der Waals surface area contributed by atoms with Gasteiger partial charge in [-0.3, -0.25) is 9.59 Å². The molecule has 0 bridgehead atoms. The monoisotopic (exact) mass is 541 g/mol. The van der Waals surface area contributed by atoms with Crippen molar-refractivity contribution < 1.29 is 19.2 Å². The molecule has 1 aliphatic heterocycles. The highest BCUT2D eigenvalue weighted by atomic mass is 35.5. The van der Waals surface area contributed by atoms with Gasteiger partial charge in [-0.25, -0.2) is 0 Å². The zero-order valence-corrected chi connectivity index (χ0v) is 22.2. The van der Waals surface area contributed by atoms with E-state index in [2.05, 4.69) is 10.1 Å². The quantitative estimate of drug-likeness (QED) is 0.331. The summed E-state index contributed by atoms with van der Waals surface area (Å²) in [6, 6.07) is 14.0. The van der Waals surface area contributed by atoms with Crippen LogP contribution in [-0.4, -0.2) is 32.0 Å². The molecule has 194 valence electrons. The first kappa shape index (κ1) is 25.7. The van der Waals surface area contributed by atoms with Crippen LogP contribution in [0.5, 0.6) is 0 Å². The number of carboxylic acids is 1. The maximum Gasteiger partial charge on any atom is 0.304 e. The first-order valence-corrected chi connectivity index (χ1v) is 13.3. The van der Waals surface area contributed by atoms with Crippen molar-refractivity contribution in [3.63, 3.8) is 0 Å². The normalized spacial score (nSPS) is 24.8. The van der Waals surface area contributed by atoms with Gasteiger partial charge in [-0.1, -0.05) is 66.5 Å². The van der Waals surface area contributed by atoms with Crippen LogP contribution in [0.3, 0.4) is 0 Å². The molecule has 1 aromatic heterocycles. The number of carbonyl (C=O) groups excluding carboxylic acids is 1. The molecule has 37 heavy (non-hydrogen) atoms. The molecule has 9 heteroatoms. The number of benzene rings is 2. The van der Waals surface area contributed by atoms with E-state index in [4.69, 9.17) is 27.7 Å². The number of hydrogen-bond acceptors (Lipinski definition) is 5. The van der Waals surface area contributed by atoms with E-state index >= 15 is 0 Å². The first-order chi connectivity index (χ1) is 17.7. The standard InChI is InChI=1S/C28H29Cl2N3O4/c1-3-22(26-31-25(32-37-26)17-7-8-17)33-24(16-9-11-19(29)12-10-16)21(18-5-4-6-20(30)13-18)14-28(2,27(33)36)15-23(34)35/h4-6,9-13,17,21-22,24H,3,7-8,14-15H2,1-2H3,(H,34,35)/t21-,22?,24-,28-/m1/s1. The Bertz CT molecular complexity index is 1310. The van der Waals surface area contributed by atoms with Crippen LogP contribution >= 0.6 is 23.2 Å². The summed E-state index contributed by atoms with van der Waals surface area (Å²) in [5, 5.41) is 15.1. The highest BCUT2D eigenvalue weighted by Crippen LogP contribution is 2.54. The third-order valence-electron chi connectivity index (χ3n) is 7.54. The first-order valence-electron chi connectivity index (χ1n) is 12.6. The summed E-state index contributed by atoms with van der Waals surface area (Å²) < 4.78 is 5.72. The molecule has 1 unspecified atom stereocenters. The van der Waals surface area contributed by atoms with E-state index in [9.17, 15) is 14.7 Å². The average Bonchev–Trinajstić information content (AvgIpc) is 3.60. The average molecular weight is 542 g/mol. The van der Waals surface area contributed by atoms with E-state index in [-0.39, 0.29) is 18.2 Å². The molecule has 0 radical (unpaired) electrons. The van der Waals surface area contributed by atoms with Crippen LogP contribution < -0.4 is 0 Å². The van der Waals surface area contributed by atoms with Crippen LogP contribution in [0, 0.1) is 5.41 Å². The van der Waals surface area contributed by atoms with Gasteiger partial charge in [0.1, 0.15) is 6.04 Å². The van der Waals surface area contributed by atoms with Gasteiger partial charge >= 0.3 is 5.97 Å². The minimum atomic E-state index is -1.14. The van der Waals surface area contributed by atoms with Gasteiger partial charge in [-0.15, -0.1) is 0 Å². The SMILES string of the molecule is CCC(c1nc(C2CC2)no1)N1C(=O)[C@@](C)(CC(=O)O)C[C@H](c2cccc(Cl)c2)[C@H]1c1ccc(Cl)cc1. The lowest BCUT2D eigenvalue weighted by atomic mass is 9.67. The Morgan fingerprint density at radius 2 is 1.89 bits per heavy atom. The van der Waals surface area contributed by atoms with Crippen LogP contribution in [0.1, 0.15) is 92.7 Å². The van der Waals surface area contributed by atoms with E-state index in [1.807, 2.05) is 37.3 Å². The summed E-state index contributed by atoms with van der Waals surface area (Å²) in [5.41, 5.74) is 0.676. The molecule has 2 aromatic carbocycles. The number of aromatic nitrogens is 2. The molecule has 7 nitrogen and oxygen atoms in total. The van der Waals surface area contributed by atoms with Gasteiger partial charge in [-0.2, -0.15) is 4.98 Å². The molecule has 1 aliphatic carbocycles. The van der Waals surface area contributed by atoms with E-state index in [1.165, 1.54) is 0 Å². The van der Waals surface area contributed by atoms with Gasteiger partial charge in [0.15, 0.2) is 5.82 Å². The lowest BCUT2D eigenvalue weighted by Gasteiger charge is -2.51. The Morgan fingerprint density at radius 1 is 1.16 bits per heavy atom. The van der Waals surface area contributed by atoms with E-state index < -0.39 is 23.5 Å². The van der Waals surface area contributed by atoms with Crippen LogP contribution in [0.15, 0.2) is 53.1 Å². The second-order valence-electron chi connectivity index (χ2n) is 10.4. The van der Waals surface area contributed by atoms with Crippen molar-refractivity contribution >= 4 is 35.1 Å². The molecule has 4 atom stereocenters. The number of carbonyl (C=O) groups is 2. The number of carboxylic acid groups (broad SMARTS) is 1. The lowest BCUT2D eigenvalue weighted by Crippen LogP contribution is -2.53. The zero-order chi connectivity index (χ0) is 26.3. The fraction of sp³-hybridized carbons (Fsp3) is 0.429. The van der Waals surface area contributed by atoms with Gasteiger partial charge in [-0.05, 0) is 61.1 Å². The fourth-order valence-electron chi connectivity index (χ4n) is 5.60. The van der Waals surface area contributed by atoms with E-state index in [0.29, 0.717) is 40.5 Å². The van der Waals surface area contributed by atoms with Gasteiger partial charge in [0.25, 0.3) is 0 Å². The van der Waals surface area contributed by atoms with Crippen molar-refractivity contribution in [2.24, 2.45) is 5.41 Å². The highest BCUT2D eigenvalue weighted by Gasteiger charge is 2.53. The Kier molecular flexibility index (Phi) is 7.03. The summed E-state index contributed by atoms with van der Waals surface area (Å²) in [5.74, 6) is -0.155. The summed E-state index contributed by atoms with van der Waals surface area (Å²) in [7, 11) is 0. The van der Waals surface area contributed by atoms with Crippen molar-refractivity contribution in [2.45, 2.75) is 69.9 Å². The summed E-state index contributed by atoms with van der Waals surface area (Å²) >= 11 is 12.6. The topological polar surface area (TPSA) is 96.5 Å². The number of nitrogens with zero attached hydrogens (tertiary/aromatic N) is 3. The van der Waals surface area contributed by atoms with Crippen LogP contribution in [0.4, 0.5) is 0 Å². The smallest absolute Gasteiger partial charge is 0.304 e. The molecule has 1 saturated carbocycles. The number of halogens is 2. The predicted octanol–water partition coefficient (Wildman–Crippen LogP) is 6.94. The molecule has 2 heterocycles. The molecule has 1 N–H and O–H groups in total. The van der Waals surface area contributed by atoms with Crippen molar-refractivity contribution in [1.82, 2.24) is 15.0 Å². The van der Waals surface area contributed by atoms with E-state index in [0.717, 1.165) is 24.0 Å². The van der Waals surface area contributed by atoms with Crippen molar-refractivity contribution in [2.75, 3.05) is 0 Å². The van der Waals surface area contributed by atoms with Gasteiger partial charge in [0.2, 0.25) is 11.8 Å². The third kappa shape index (κ3) is 5.12. The Morgan fingerprint density at radius 3 is 2.51 bits per heavy atom. The van der Waals surface area contributed by atoms with Crippen molar-refractivity contribution in [3.8, 4) is 0 Å². The fourth-order valence-corrected chi connectivity index (χ4v) is 5.93. The minimum Gasteiger partial charge on any atom is -0.481 e. The van der Waals surface area contributed by atoms with Crippen LogP contribution in [-0.2, 0) is 9.59 Å². The summed E-state index contributed by atoms with van der Waals surface area (Å²) in [6.07, 6.45) is 2.63. The molecule has 2 fully saturated rings. The molecule has 3 aromatic rings. The largest absolute Gasteiger partial charge is 0.481 e. The molecule has 1 saturated heterocycles. The summed E-state index contributed by atoms with van der Waals surface area (Å²) in [4.78, 5) is 32.8. The van der Waals surface area contributed by atoms with E-state index in [1.54, 1.807) is 30.0 Å². The highest BCUT2D eigenvalue weighted by molar-refractivity contribution is 6.30. The number of hydrogen-bond donors (Lipinski definition) is 1. The van der Waals surface area contributed by atoms with Gasteiger partial charge < -0.3 is 14.5 Å². The number of aliphatic carboxylic acids is 1. The second-order valence-corrected chi connectivity index (χ2v) is 11.3. The van der Waals surface area contributed by atoms with Gasteiger partial charge in [0, 0.05) is 21.9 Å². The number of amides is 1. The third-order valence-corrected chi connectivity index (χ3v) is 8.03. The van der Waals surface area contributed by atoms with Crippen molar-refractivity contribution in [1.29, 1.82) is 0 Å². The van der Waals surface area contributed by atoms with Crippen LogP contribution in [0.25, 0.3) is 0 Å². The molecular formula is C28H29Cl2N3O4. The molecule has 0 spiro atoms. The Hall–Kier alpha value is -2.90. The molecular weight excluding hydrogens is 513 g/mol. The maximum absolute atomic E-state index is 14.3. The Balaban J connectivity index is 1.68. The second kappa shape index (κ2) is 10.1. The number of piperidine rings is 1. The molecule has 2 aliphatic rings. The Labute approximate surface area is 225 Å². The lowest BCUT2D eigenvalue weighted by molar-refractivity contribution is -0.161. The number of rotatable bonds is 8. The molecule has 1 amide bonds. The predicted molar refractivity (Wildman–Crippen MR) is 140 cm³/mol.